The molecule has 1 aliphatic rings. The van der Waals surface area contributed by atoms with Crippen molar-refractivity contribution in [3.05, 3.63) is 35.4 Å². The molecule has 0 amide bonds. The van der Waals surface area contributed by atoms with Crippen molar-refractivity contribution in [1.29, 1.82) is 0 Å². The van der Waals surface area contributed by atoms with Gasteiger partial charge in [0.05, 0.1) is 0 Å². The first kappa shape index (κ1) is 10.7. The molecular weight excluding hydrogens is 182 g/mol. The Kier molecular flexibility index (Phi) is 3.11. The summed E-state index contributed by atoms with van der Waals surface area (Å²) in [7, 11) is 0. The third-order valence-corrected chi connectivity index (χ3v) is 3.59. The molecule has 0 spiro atoms. The number of nitrogens with two attached hydrogens (primary N) is 1. The highest BCUT2D eigenvalue weighted by molar-refractivity contribution is 5.23. The number of benzene rings is 1. The summed E-state index contributed by atoms with van der Waals surface area (Å²) < 4.78 is 0. The molecule has 15 heavy (non-hydrogen) atoms. The minimum Gasteiger partial charge on any atom is -0.327 e. The summed E-state index contributed by atoms with van der Waals surface area (Å²) in [5.41, 5.74) is 8.96. The lowest BCUT2D eigenvalue weighted by molar-refractivity contribution is 0.404. The molecule has 1 saturated carbocycles. The fraction of sp³-hybridized carbons (Fsp3) is 0.571. The predicted molar refractivity (Wildman–Crippen MR) is 64.7 cm³/mol. The van der Waals surface area contributed by atoms with E-state index in [4.69, 9.17) is 5.73 Å². The van der Waals surface area contributed by atoms with Crippen LogP contribution in [-0.2, 0) is 6.42 Å². The van der Waals surface area contributed by atoms with Crippen molar-refractivity contribution in [2.24, 2.45) is 17.6 Å². The molecule has 0 bridgehead atoms. The lowest BCUT2D eigenvalue weighted by atomic mass is 9.91. The van der Waals surface area contributed by atoms with Crippen LogP contribution in [-0.4, -0.2) is 6.04 Å². The van der Waals surface area contributed by atoms with E-state index in [2.05, 4.69) is 38.1 Å². The maximum atomic E-state index is 6.24. The average Bonchev–Trinajstić information content (AvgIpc) is 2.99. The fourth-order valence-electron chi connectivity index (χ4n) is 2.27. The molecule has 1 aliphatic carbocycles. The van der Waals surface area contributed by atoms with Crippen molar-refractivity contribution in [2.45, 2.75) is 39.2 Å². The molecule has 0 aromatic heterocycles. The van der Waals surface area contributed by atoms with E-state index < -0.39 is 0 Å². The van der Waals surface area contributed by atoms with Crippen LogP contribution in [0.3, 0.4) is 0 Å². The van der Waals surface area contributed by atoms with Gasteiger partial charge >= 0.3 is 0 Å². The second kappa shape index (κ2) is 4.36. The zero-order valence-electron chi connectivity index (χ0n) is 9.74. The molecule has 1 heteroatoms. The zero-order valence-corrected chi connectivity index (χ0v) is 9.74. The van der Waals surface area contributed by atoms with Crippen molar-refractivity contribution in [3.63, 3.8) is 0 Å². The Morgan fingerprint density at radius 2 is 2.13 bits per heavy atom. The summed E-state index contributed by atoms with van der Waals surface area (Å²) in [6, 6.07) is 9.03. The molecule has 1 nitrogen and oxygen atoms in total. The van der Waals surface area contributed by atoms with E-state index in [0.717, 1.165) is 12.3 Å². The maximum Gasteiger partial charge on any atom is 0.0108 e. The van der Waals surface area contributed by atoms with Crippen molar-refractivity contribution in [1.82, 2.24) is 0 Å². The smallest absolute Gasteiger partial charge is 0.0108 e. The van der Waals surface area contributed by atoms with Gasteiger partial charge in [-0.05, 0) is 43.6 Å². The Labute approximate surface area is 92.7 Å². The third kappa shape index (κ3) is 2.82. The normalized spacial score (nSPS) is 19.9. The van der Waals surface area contributed by atoms with Gasteiger partial charge in [0.2, 0.25) is 0 Å². The van der Waals surface area contributed by atoms with Crippen molar-refractivity contribution >= 4 is 0 Å². The molecule has 2 N–H and O–H groups in total. The van der Waals surface area contributed by atoms with Crippen LogP contribution < -0.4 is 5.73 Å². The predicted octanol–water partition coefficient (Wildman–Crippen LogP) is 2.91. The molecule has 2 atom stereocenters. The number of rotatable bonds is 4. The fourth-order valence-corrected chi connectivity index (χ4v) is 2.27. The summed E-state index contributed by atoms with van der Waals surface area (Å²) >= 11 is 0. The Morgan fingerprint density at radius 1 is 1.40 bits per heavy atom. The second-order valence-corrected chi connectivity index (χ2v) is 5.05. The van der Waals surface area contributed by atoms with Gasteiger partial charge in [0, 0.05) is 6.04 Å². The highest BCUT2D eigenvalue weighted by Gasteiger charge is 2.31. The van der Waals surface area contributed by atoms with Gasteiger partial charge in [0.25, 0.3) is 0 Å². The molecule has 2 rings (SSSR count). The second-order valence-electron chi connectivity index (χ2n) is 5.05. The first-order valence-electron chi connectivity index (χ1n) is 5.98. The van der Waals surface area contributed by atoms with Crippen LogP contribution in [0.4, 0.5) is 0 Å². The van der Waals surface area contributed by atoms with Gasteiger partial charge in [-0.1, -0.05) is 36.8 Å². The molecule has 0 heterocycles. The molecule has 1 aromatic rings. The maximum absolute atomic E-state index is 6.24. The summed E-state index contributed by atoms with van der Waals surface area (Å²) in [4.78, 5) is 0. The number of aryl methyl sites for hydroxylation is 1. The third-order valence-electron chi connectivity index (χ3n) is 3.59. The SMILES string of the molecule is Cc1cccc(CC(N)C(C)C2CC2)c1. The van der Waals surface area contributed by atoms with E-state index >= 15 is 0 Å². The van der Waals surface area contributed by atoms with Crippen LogP contribution in [0.2, 0.25) is 0 Å². The van der Waals surface area contributed by atoms with Crippen molar-refractivity contribution < 1.29 is 0 Å². The Balaban J connectivity index is 1.95. The van der Waals surface area contributed by atoms with E-state index in [0.29, 0.717) is 12.0 Å². The lowest BCUT2D eigenvalue weighted by Crippen LogP contribution is -2.31. The molecular formula is C14H21N. The molecule has 0 aliphatic heterocycles. The minimum atomic E-state index is 0.333. The molecule has 1 aromatic carbocycles. The monoisotopic (exact) mass is 203 g/mol. The van der Waals surface area contributed by atoms with Gasteiger partial charge in [0.1, 0.15) is 0 Å². The average molecular weight is 203 g/mol. The van der Waals surface area contributed by atoms with E-state index in [1.165, 1.54) is 24.0 Å². The van der Waals surface area contributed by atoms with Crippen LogP contribution in [0.25, 0.3) is 0 Å². The zero-order chi connectivity index (χ0) is 10.8. The first-order chi connectivity index (χ1) is 7.16. The molecule has 1 fully saturated rings. The Morgan fingerprint density at radius 3 is 2.73 bits per heavy atom. The van der Waals surface area contributed by atoms with E-state index in [1.54, 1.807) is 0 Å². The van der Waals surface area contributed by atoms with Gasteiger partial charge in [-0.3, -0.25) is 0 Å². The van der Waals surface area contributed by atoms with Crippen LogP contribution >= 0.6 is 0 Å². The van der Waals surface area contributed by atoms with Crippen LogP contribution in [0, 0.1) is 18.8 Å². The van der Waals surface area contributed by atoms with E-state index in [-0.39, 0.29) is 0 Å². The van der Waals surface area contributed by atoms with Gasteiger partial charge in [-0.25, -0.2) is 0 Å². The highest BCUT2D eigenvalue weighted by atomic mass is 14.7. The standard InChI is InChI=1S/C14H21N/c1-10-4-3-5-12(8-10)9-14(15)11(2)13-6-7-13/h3-5,8,11,13-14H,6-7,9,15H2,1-2H3. The van der Waals surface area contributed by atoms with Crippen LogP contribution in [0.15, 0.2) is 24.3 Å². The van der Waals surface area contributed by atoms with Gasteiger partial charge in [-0.2, -0.15) is 0 Å². The van der Waals surface area contributed by atoms with Crippen LogP contribution in [0.5, 0.6) is 0 Å². The Bertz CT molecular complexity index is 328. The van der Waals surface area contributed by atoms with Gasteiger partial charge in [-0.15, -0.1) is 0 Å². The molecule has 0 radical (unpaired) electrons. The van der Waals surface area contributed by atoms with Crippen molar-refractivity contribution in [3.8, 4) is 0 Å². The first-order valence-corrected chi connectivity index (χ1v) is 5.98. The largest absolute Gasteiger partial charge is 0.327 e. The summed E-state index contributed by atoms with van der Waals surface area (Å²) in [6.45, 7) is 4.44. The lowest BCUT2D eigenvalue weighted by Gasteiger charge is -2.19. The minimum absolute atomic E-state index is 0.333. The van der Waals surface area contributed by atoms with Crippen molar-refractivity contribution in [2.75, 3.05) is 0 Å². The quantitative estimate of drug-likeness (QED) is 0.800. The van der Waals surface area contributed by atoms with E-state index in [9.17, 15) is 0 Å². The Hall–Kier alpha value is -0.820. The van der Waals surface area contributed by atoms with Gasteiger partial charge in [0.15, 0.2) is 0 Å². The number of hydrogen-bond donors (Lipinski definition) is 1. The summed E-state index contributed by atoms with van der Waals surface area (Å²) in [5, 5.41) is 0. The molecule has 82 valence electrons. The molecule has 2 unspecified atom stereocenters. The summed E-state index contributed by atoms with van der Waals surface area (Å²) in [6.07, 6.45) is 3.81. The summed E-state index contributed by atoms with van der Waals surface area (Å²) in [5.74, 6) is 1.59. The number of hydrogen-bond acceptors (Lipinski definition) is 1. The van der Waals surface area contributed by atoms with Gasteiger partial charge < -0.3 is 5.73 Å². The van der Waals surface area contributed by atoms with Crippen LogP contribution in [0.1, 0.15) is 30.9 Å². The highest BCUT2D eigenvalue weighted by Crippen LogP contribution is 2.38. The molecule has 0 saturated heterocycles. The topological polar surface area (TPSA) is 26.0 Å². The van der Waals surface area contributed by atoms with E-state index in [1.807, 2.05) is 0 Å².